The second kappa shape index (κ2) is 9.64. The fourth-order valence-corrected chi connectivity index (χ4v) is 3.89. The third kappa shape index (κ3) is 6.00. The van der Waals surface area contributed by atoms with Gasteiger partial charge in [-0.1, -0.05) is 11.8 Å². The first-order valence-electron chi connectivity index (χ1n) is 10.4. The number of hydrogen-bond acceptors (Lipinski definition) is 5. The van der Waals surface area contributed by atoms with Crippen molar-refractivity contribution in [3.63, 3.8) is 0 Å². The molecule has 0 bridgehead atoms. The van der Waals surface area contributed by atoms with Crippen LogP contribution >= 0.6 is 0 Å². The van der Waals surface area contributed by atoms with Crippen molar-refractivity contribution < 1.29 is 50.7 Å². The quantitative estimate of drug-likeness (QED) is 0.218. The van der Waals surface area contributed by atoms with Gasteiger partial charge in [-0.25, -0.2) is 4.39 Å². The van der Waals surface area contributed by atoms with Crippen LogP contribution in [-0.2, 0) is 22.6 Å². The molecule has 2 aromatic carbocycles. The van der Waals surface area contributed by atoms with Crippen LogP contribution in [0.3, 0.4) is 0 Å². The second-order valence-electron chi connectivity index (χ2n) is 8.41. The Morgan fingerprint density at radius 3 is 2.24 bits per heavy atom. The van der Waals surface area contributed by atoms with Crippen LogP contribution in [0.25, 0.3) is 0 Å². The van der Waals surface area contributed by atoms with E-state index in [1.165, 1.54) is 0 Å². The molecule has 2 aromatic rings. The number of hydrogen-bond donors (Lipinski definition) is 3. The highest BCUT2D eigenvalue weighted by atomic mass is 19.4. The summed E-state index contributed by atoms with van der Waals surface area (Å²) in [7, 11) is 0. The highest BCUT2D eigenvalue weighted by Crippen LogP contribution is 2.55. The van der Waals surface area contributed by atoms with Crippen LogP contribution in [0.4, 0.5) is 42.1 Å². The minimum atomic E-state index is -5.17. The van der Waals surface area contributed by atoms with Crippen LogP contribution in [0.1, 0.15) is 36.0 Å². The number of nitrogens with zero attached hydrogens (tertiary/aromatic N) is 1. The van der Waals surface area contributed by atoms with Gasteiger partial charge in [0.1, 0.15) is 18.0 Å². The summed E-state index contributed by atoms with van der Waals surface area (Å²) in [4.78, 5) is 22.6. The van der Waals surface area contributed by atoms with Gasteiger partial charge in [0.15, 0.2) is 0 Å². The summed E-state index contributed by atoms with van der Waals surface area (Å²) in [5.41, 5.74) is -9.46. The van der Waals surface area contributed by atoms with Crippen molar-refractivity contribution in [3.05, 3.63) is 69.0 Å². The van der Waals surface area contributed by atoms with E-state index in [9.17, 15) is 50.7 Å². The molecule has 198 valence electrons. The Labute approximate surface area is 204 Å². The minimum absolute atomic E-state index is 0.0530. The molecule has 1 unspecified atom stereocenters. The SMILES string of the molecule is O=C(Nc1ccc([N+](=O)[O-])c(C(F)(F)F)c1)C(O)(C#CCO)CC1(c2cc(C(F)(F)F)ccc2F)CC1. The van der Waals surface area contributed by atoms with Crippen LogP contribution in [-0.4, -0.2) is 33.3 Å². The van der Waals surface area contributed by atoms with Gasteiger partial charge in [-0.2, -0.15) is 26.3 Å². The number of aliphatic hydroxyl groups excluding tert-OH is 1. The number of nitrogens with one attached hydrogen (secondary N) is 1. The number of rotatable bonds is 6. The molecule has 1 atom stereocenters. The lowest BCUT2D eigenvalue weighted by molar-refractivity contribution is -0.388. The van der Waals surface area contributed by atoms with Crippen molar-refractivity contribution in [2.24, 2.45) is 0 Å². The van der Waals surface area contributed by atoms with Crippen molar-refractivity contribution in [2.75, 3.05) is 11.9 Å². The number of halogens is 7. The summed E-state index contributed by atoms with van der Waals surface area (Å²) >= 11 is 0. The van der Waals surface area contributed by atoms with Crippen molar-refractivity contribution >= 4 is 17.3 Å². The summed E-state index contributed by atoms with van der Waals surface area (Å²) < 4.78 is 93.9. The van der Waals surface area contributed by atoms with Gasteiger partial charge in [-0.05, 0) is 48.7 Å². The average Bonchev–Trinajstić information content (AvgIpc) is 3.56. The fraction of sp³-hybridized carbons (Fsp3) is 0.348. The molecule has 0 spiro atoms. The first-order valence-corrected chi connectivity index (χ1v) is 10.4. The smallest absolute Gasteiger partial charge is 0.384 e. The van der Waals surface area contributed by atoms with Gasteiger partial charge in [-0.15, -0.1) is 0 Å². The van der Waals surface area contributed by atoms with Gasteiger partial charge in [0.05, 0.1) is 10.5 Å². The molecular weight excluding hydrogens is 517 g/mol. The van der Waals surface area contributed by atoms with E-state index >= 15 is 0 Å². The lowest BCUT2D eigenvalue weighted by atomic mass is 9.82. The molecule has 14 heteroatoms. The van der Waals surface area contributed by atoms with Gasteiger partial charge in [0, 0.05) is 23.6 Å². The summed E-state index contributed by atoms with van der Waals surface area (Å²) in [6.07, 6.45) is -10.6. The molecule has 3 N–H and O–H groups in total. The molecule has 0 saturated heterocycles. The molecule has 37 heavy (non-hydrogen) atoms. The Bertz CT molecular complexity index is 1290. The standard InChI is InChI=1S/C23H17F7N2O5/c24-17-4-2-13(22(25,26)27)10-15(17)20(7-8-20)12-21(35,6-1-9-33)19(34)31-14-3-5-18(32(36)37)16(11-14)23(28,29)30/h2-5,10-11,33,35H,7-9,12H2,(H,31,34). The molecule has 0 aromatic heterocycles. The van der Waals surface area contributed by atoms with Gasteiger partial charge >= 0.3 is 12.4 Å². The summed E-state index contributed by atoms with van der Waals surface area (Å²) in [6.45, 7) is -0.865. The molecule has 0 aliphatic heterocycles. The minimum Gasteiger partial charge on any atom is -0.384 e. The Hall–Kier alpha value is -3.70. The van der Waals surface area contributed by atoms with Crippen LogP contribution in [0, 0.1) is 27.8 Å². The number of carbonyl (C=O) groups excluding carboxylic acids is 1. The fourth-order valence-electron chi connectivity index (χ4n) is 3.89. The number of aliphatic hydroxyl groups is 2. The number of anilines is 1. The maximum atomic E-state index is 14.5. The highest BCUT2D eigenvalue weighted by molar-refractivity contribution is 6.00. The number of amides is 1. The maximum absolute atomic E-state index is 14.5. The van der Waals surface area contributed by atoms with Gasteiger partial charge < -0.3 is 15.5 Å². The lowest BCUT2D eigenvalue weighted by Gasteiger charge is -2.28. The van der Waals surface area contributed by atoms with E-state index in [-0.39, 0.29) is 18.9 Å². The van der Waals surface area contributed by atoms with E-state index in [0.29, 0.717) is 24.3 Å². The maximum Gasteiger partial charge on any atom is 0.423 e. The molecule has 1 saturated carbocycles. The van der Waals surface area contributed by atoms with E-state index in [1.54, 1.807) is 0 Å². The zero-order valence-electron chi connectivity index (χ0n) is 18.5. The van der Waals surface area contributed by atoms with Crippen LogP contribution in [0.15, 0.2) is 36.4 Å². The Morgan fingerprint density at radius 1 is 1.08 bits per heavy atom. The van der Waals surface area contributed by atoms with Crippen LogP contribution in [0.2, 0.25) is 0 Å². The molecule has 3 rings (SSSR count). The number of nitro benzene ring substituents is 1. The zero-order valence-corrected chi connectivity index (χ0v) is 18.5. The van der Waals surface area contributed by atoms with Gasteiger partial charge in [0.2, 0.25) is 5.60 Å². The third-order valence-electron chi connectivity index (χ3n) is 5.82. The predicted molar refractivity (Wildman–Crippen MR) is 113 cm³/mol. The van der Waals surface area contributed by atoms with E-state index < -0.39 is 81.1 Å². The highest BCUT2D eigenvalue weighted by Gasteiger charge is 2.54. The topological polar surface area (TPSA) is 113 Å². The van der Waals surface area contributed by atoms with Crippen LogP contribution < -0.4 is 5.32 Å². The zero-order chi connectivity index (χ0) is 27.8. The number of alkyl halides is 6. The van der Waals surface area contributed by atoms with Crippen molar-refractivity contribution in [1.29, 1.82) is 0 Å². The van der Waals surface area contributed by atoms with E-state index in [0.717, 1.165) is 6.07 Å². The third-order valence-corrected chi connectivity index (χ3v) is 5.82. The van der Waals surface area contributed by atoms with Crippen molar-refractivity contribution in [3.8, 4) is 11.8 Å². The summed E-state index contributed by atoms with van der Waals surface area (Å²) in [5.74, 6) is 1.59. The van der Waals surface area contributed by atoms with E-state index in [1.807, 2.05) is 17.2 Å². The van der Waals surface area contributed by atoms with Crippen LogP contribution in [0.5, 0.6) is 0 Å². The molecule has 1 amide bonds. The first kappa shape index (κ1) is 27.9. The molecule has 7 nitrogen and oxygen atoms in total. The number of carbonyl (C=O) groups is 1. The number of nitro groups is 1. The Balaban J connectivity index is 1.98. The lowest BCUT2D eigenvalue weighted by Crippen LogP contribution is -2.44. The second-order valence-corrected chi connectivity index (χ2v) is 8.41. The summed E-state index contributed by atoms with van der Waals surface area (Å²) in [5, 5.41) is 32.9. The van der Waals surface area contributed by atoms with E-state index in [2.05, 4.69) is 0 Å². The largest absolute Gasteiger partial charge is 0.423 e. The summed E-state index contributed by atoms with van der Waals surface area (Å²) in [6, 6.07) is 3.17. The Morgan fingerprint density at radius 2 is 1.73 bits per heavy atom. The first-order chi connectivity index (χ1) is 17.0. The van der Waals surface area contributed by atoms with E-state index in [4.69, 9.17) is 5.11 Å². The molecule has 1 aliphatic rings. The predicted octanol–water partition coefficient (Wildman–Crippen LogP) is 4.56. The Kier molecular flexibility index (Phi) is 7.26. The van der Waals surface area contributed by atoms with Gasteiger partial charge in [-0.3, -0.25) is 14.9 Å². The number of benzene rings is 2. The monoisotopic (exact) mass is 534 g/mol. The molecule has 1 fully saturated rings. The molecule has 0 radical (unpaired) electrons. The van der Waals surface area contributed by atoms with Crippen molar-refractivity contribution in [2.45, 2.75) is 42.6 Å². The molecular formula is C23H17F7N2O5. The van der Waals surface area contributed by atoms with Gasteiger partial charge in [0.25, 0.3) is 11.6 Å². The van der Waals surface area contributed by atoms with Crippen molar-refractivity contribution in [1.82, 2.24) is 0 Å². The average molecular weight is 534 g/mol. The molecule has 1 aliphatic carbocycles. The normalized spacial score (nSPS) is 16.2. The molecule has 0 heterocycles.